The summed E-state index contributed by atoms with van der Waals surface area (Å²) < 4.78 is 36.3. The Balaban J connectivity index is 4.53. The van der Waals surface area contributed by atoms with E-state index >= 15 is 0 Å². The van der Waals surface area contributed by atoms with Crippen LogP contribution in [0, 0.1) is 10.8 Å². The molecule has 1 N–H and O–H groups in total. The molecule has 0 amide bonds. The minimum atomic E-state index is -4.17. The SMILES string of the molecule is CC(C)(C)C(=O)OCOP(=O)(OCCO)OCOC(=O)C(C)(C)C. The van der Waals surface area contributed by atoms with Gasteiger partial charge >= 0.3 is 19.8 Å². The third-order valence-corrected chi connectivity index (χ3v) is 3.71. The van der Waals surface area contributed by atoms with Crippen LogP contribution in [0.25, 0.3) is 0 Å². The highest BCUT2D eigenvalue weighted by atomic mass is 31.2. The largest absolute Gasteiger partial charge is 0.480 e. The molecule has 24 heavy (non-hydrogen) atoms. The standard InChI is InChI=1S/C14H27O9P/c1-13(2,3)11(16)19-9-22-24(18,21-8-7-15)23-10-20-12(17)14(4,5)6/h15H,7-10H2,1-6H3. The molecule has 142 valence electrons. The number of carbonyl (C=O) groups excluding carboxylic acids is 2. The summed E-state index contributed by atoms with van der Waals surface area (Å²) in [7, 11) is -4.17. The van der Waals surface area contributed by atoms with Crippen molar-refractivity contribution in [1.29, 1.82) is 0 Å². The van der Waals surface area contributed by atoms with Crippen LogP contribution in [-0.4, -0.2) is 43.8 Å². The first-order valence-corrected chi connectivity index (χ1v) is 8.77. The molecule has 0 aromatic carbocycles. The van der Waals surface area contributed by atoms with Gasteiger partial charge in [0.2, 0.25) is 13.6 Å². The van der Waals surface area contributed by atoms with Crippen LogP contribution in [0.1, 0.15) is 41.5 Å². The van der Waals surface area contributed by atoms with Gasteiger partial charge in [0.1, 0.15) is 0 Å². The number of phosphoric acid groups is 1. The summed E-state index contributed by atoms with van der Waals surface area (Å²) in [6.07, 6.45) is 0. The summed E-state index contributed by atoms with van der Waals surface area (Å²) in [6, 6.07) is 0. The van der Waals surface area contributed by atoms with Crippen LogP contribution in [0.2, 0.25) is 0 Å². The summed E-state index contributed by atoms with van der Waals surface area (Å²) in [4.78, 5) is 23.2. The van der Waals surface area contributed by atoms with E-state index in [4.69, 9.17) is 28.2 Å². The molecule has 0 aliphatic heterocycles. The van der Waals surface area contributed by atoms with E-state index in [-0.39, 0.29) is 6.61 Å². The molecule has 0 aliphatic rings. The molecule has 0 aromatic rings. The van der Waals surface area contributed by atoms with Crippen LogP contribution in [0.4, 0.5) is 0 Å². The highest BCUT2D eigenvalue weighted by Crippen LogP contribution is 2.49. The maximum atomic E-state index is 12.3. The van der Waals surface area contributed by atoms with Gasteiger partial charge in [0.05, 0.1) is 24.0 Å². The van der Waals surface area contributed by atoms with Crippen molar-refractivity contribution in [2.45, 2.75) is 41.5 Å². The second-order valence-electron chi connectivity index (χ2n) is 6.86. The van der Waals surface area contributed by atoms with E-state index < -0.39 is 50.8 Å². The van der Waals surface area contributed by atoms with Gasteiger partial charge in [-0.25, -0.2) is 13.6 Å². The van der Waals surface area contributed by atoms with Crippen LogP contribution < -0.4 is 0 Å². The Hall–Kier alpha value is -0.990. The maximum Gasteiger partial charge on any atom is 0.480 e. The van der Waals surface area contributed by atoms with Gasteiger partial charge in [-0.3, -0.25) is 14.1 Å². The molecule has 0 aromatic heterocycles. The normalized spacial score (nSPS) is 12.8. The van der Waals surface area contributed by atoms with Gasteiger partial charge in [-0.05, 0) is 41.5 Å². The molecule has 0 bridgehead atoms. The Morgan fingerprint density at radius 2 is 1.21 bits per heavy atom. The Morgan fingerprint density at radius 1 is 0.833 bits per heavy atom. The molecule has 0 fully saturated rings. The molecule has 0 spiro atoms. The van der Waals surface area contributed by atoms with E-state index in [0.29, 0.717) is 0 Å². The van der Waals surface area contributed by atoms with Crippen molar-refractivity contribution in [3.05, 3.63) is 0 Å². The highest BCUT2D eigenvalue weighted by Gasteiger charge is 2.31. The van der Waals surface area contributed by atoms with Gasteiger partial charge in [-0.1, -0.05) is 0 Å². The van der Waals surface area contributed by atoms with E-state index in [1.54, 1.807) is 41.5 Å². The average molecular weight is 370 g/mol. The smallest absolute Gasteiger partial charge is 0.437 e. The van der Waals surface area contributed by atoms with Crippen LogP contribution in [0.3, 0.4) is 0 Å². The van der Waals surface area contributed by atoms with Crippen molar-refractivity contribution in [1.82, 2.24) is 0 Å². The topological polar surface area (TPSA) is 118 Å². The summed E-state index contributed by atoms with van der Waals surface area (Å²) in [6.45, 7) is 7.72. The number of esters is 2. The number of rotatable bonds is 9. The fourth-order valence-electron chi connectivity index (χ4n) is 0.986. The number of hydrogen-bond donors (Lipinski definition) is 1. The summed E-state index contributed by atoms with van der Waals surface area (Å²) in [5.41, 5.74) is -1.52. The molecule has 0 aliphatic carbocycles. The van der Waals surface area contributed by atoms with Gasteiger partial charge in [-0.2, -0.15) is 0 Å². The number of aliphatic hydroxyl groups is 1. The van der Waals surface area contributed by atoms with Gasteiger partial charge in [0, 0.05) is 0 Å². The molecule has 9 nitrogen and oxygen atoms in total. The molecule has 0 radical (unpaired) electrons. The van der Waals surface area contributed by atoms with E-state index in [2.05, 4.69) is 0 Å². The molecule has 0 heterocycles. The number of carbonyl (C=O) groups is 2. The van der Waals surface area contributed by atoms with Crippen molar-refractivity contribution in [3.8, 4) is 0 Å². The number of phosphoric ester groups is 1. The van der Waals surface area contributed by atoms with Crippen LogP contribution in [0.5, 0.6) is 0 Å². The van der Waals surface area contributed by atoms with Crippen molar-refractivity contribution in [2.75, 3.05) is 26.8 Å². The van der Waals surface area contributed by atoms with Gasteiger partial charge in [-0.15, -0.1) is 0 Å². The van der Waals surface area contributed by atoms with Gasteiger partial charge in [0.15, 0.2) is 0 Å². The van der Waals surface area contributed by atoms with Crippen molar-refractivity contribution < 1.29 is 42.3 Å². The van der Waals surface area contributed by atoms with Crippen LogP contribution >= 0.6 is 7.82 Å². The predicted octanol–water partition coefficient (Wildman–Crippen LogP) is 2.23. The average Bonchev–Trinajstić information content (AvgIpc) is 2.43. The second kappa shape index (κ2) is 9.48. The zero-order chi connectivity index (χ0) is 19.0. The zero-order valence-corrected chi connectivity index (χ0v) is 15.9. The van der Waals surface area contributed by atoms with E-state index in [9.17, 15) is 14.2 Å². The molecular formula is C14H27O9P. The minimum Gasteiger partial charge on any atom is -0.437 e. The lowest BCUT2D eigenvalue weighted by atomic mass is 9.98. The Morgan fingerprint density at radius 3 is 1.50 bits per heavy atom. The monoisotopic (exact) mass is 370 g/mol. The minimum absolute atomic E-state index is 0.336. The fraction of sp³-hybridized carbons (Fsp3) is 0.857. The van der Waals surface area contributed by atoms with E-state index in [1.807, 2.05) is 0 Å². The molecule has 0 atom stereocenters. The summed E-state index contributed by atoms with van der Waals surface area (Å²) >= 11 is 0. The summed E-state index contributed by atoms with van der Waals surface area (Å²) in [5.74, 6) is -1.15. The van der Waals surface area contributed by atoms with Crippen molar-refractivity contribution >= 4 is 19.8 Å². The first kappa shape index (κ1) is 23.0. The molecule has 0 saturated carbocycles. The third-order valence-electron chi connectivity index (χ3n) is 2.37. The van der Waals surface area contributed by atoms with E-state index in [1.165, 1.54) is 0 Å². The number of hydrogen-bond acceptors (Lipinski definition) is 9. The Kier molecular flexibility index (Phi) is 9.09. The first-order chi connectivity index (χ1) is 10.8. The first-order valence-electron chi connectivity index (χ1n) is 7.31. The lowest BCUT2D eigenvalue weighted by Gasteiger charge is -2.21. The zero-order valence-electron chi connectivity index (χ0n) is 15.0. The highest BCUT2D eigenvalue weighted by molar-refractivity contribution is 7.48. The molecular weight excluding hydrogens is 343 g/mol. The third kappa shape index (κ3) is 9.34. The lowest BCUT2D eigenvalue weighted by molar-refractivity contribution is -0.163. The molecule has 0 unspecified atom stereocenters. The van der Waals surface area contributed by atoms with Crippen LogP contribution in [-0.2, 0) is 37.2 Å². The predicted molar refractivity (Wildman–Crippen MR) is 83.6 cm³/mol. The molecule has 0 rings (SSSR count). The molecule has 10 heteroatoms. The fourth-order valence-corrected chi connectivity index (χ4v) is 1.88. The van der Waals surface area contributed by atoms with E-state index in [0.717, 1.165) is 0 Å². The van der Waals surface area contributed by atoms with Gasteiger partial charge in [0.25, 0.3) is 0 Å². The van der Waals surface area contributed by atoms with Crippen molar-refractivity contribution in [3.63, 3.8) is 0 Å². The van der Waals surface area contributed by atoms with Gasteiger partial charge < -0.3 is 14.6 Å². The Labute approximate surface area is 142 Å². The molecule has 0 saturated heterocycles. The lowest BCUT2D eigenvalue weighted by Crippen LogP contribution is -2.25. The quantitative estimate of drug-likeness (QED) is 0.370. The number of aliphatic hydroxyl groups excluding tert-OH is 1. The Bertz CT molecular complexity index is 426. The number of ether oxygens (including phenoxy) is 2. The second-order valence-corrected chi connectivity index (χ2v) is 8.53. The van der Waals surface area contributed by atoms with Crippen molar-refractivity contribution in [2.24, 2.45) is 10.8 Å². The maximum absolute atomic E-state index is 12.3. The van der Waals surface area contributed by atoms with Crippen LogP contribution in [0.15, 0.2) is 0 Å². The summed E-state index contributed by atoms with van der Waals surface area (Å²) in [5, 5.41) is 8.74.